The Morgan fingerprint density at radius 1 is 1.43 bits per heavy atom. The highest BCUT2D eigenvalue weighted by atomic mass is 32.2. The van der Waals surface area contributed by atoms with Crippen LogP contribution in [0.4, 0.5) is 0 Å². The largest absolute Gasteiger partial charge is 0.481 e. The van der Waals surface area contributed by atoms with Crippen LogP contribution in [-0.2, 0) is 4.79 Å². The molecule has 1 unspecified atom stereocenters. The average molecular weight is 306 g/mol. The monoisotopic (exact) mass is 306 g/mol. The summed E-state index contributed by atoms with van der Waals surface area (Å²) < 4.78 is 1.65. The molecular weight excluding hydrogens is 288 g/mol. The Morgan fingerprint density at radius 2 is 2.19 bits per heavy atom. The molecule has 2 rings (SSSR count). The smallest absolute Gasteiger partial charge is 0.305 e. The first kappa shape index (κ1) is 15.5. The van der Waals surface area contributed by atoms with Gasteiger partial charge in [-0.05, 0) is 35.2 Å². The Balaban J connectivity index is 2.43. The molecular formula is C14H18N4O2S. The van der Waals surface area contributed by atoms with Crippen LogP contribution in [0.2, 0.25) is 0 Å². The van der Waals surface area contributed by atoms with Crippen molar-refractivity contribution >= 4 is 17.7 Å². The van der Waals surface area contributed by atoms with Gasteiger partial charge in [0.25, 0.3) is 0 Å². The Kier molecular flexibility index (Phi) is 5.32. The molecule has 1 N–H and O–H groups in total. The highest BCUT2D eigenvalue weighted by Crippen LogP contribution is 2.30. The van der Waals surface area contributed by atoms with Crippen LogP contribution in [0, 0.1) is 0 Å². The number of aromatic nitrogens is 4. The van der Waals surface area contributed by atoms with Crippen molar-refractivity contribution in [3.05, 3.63) is 24.3 Å². The van der Waals surface area contributed by atoms with Gasteiger partial charge < -0.3 is 5.11 Å². The number of hydrogen-bond donors (Lipinski definition) is 1. The summed E-state index contributed by atoms with van der Waals surface area (Å²) in [5.74, 6) is -0.215. The molecule has 1 atom stereocenters. The van der Waals surface area contributed by atoms with E-state index in [9.17, 15) is 4.79 Å². The fourth-order valence-electron chi connectivity index (χ4n) is 2.29. The van der Waals surface area contributed by atoms with E-state index in [-0.39, 0.29) is 12.5 Å². The summed E-state index contributed by atoms with van der Waals surface area (Å²) in [6.07, 6.45) is 3.62. The lowest BCUT2D eigenvalue weighted by Gasteiger charge is -2.16. The number of benzene rings is 1. The second-order valence-corrected chi connectivity index (χ2v) is 5.54. The lowest BCUT2D eigenvalue weighted by Crippen LogP contribution is -2.16. The number of aliphatic carboxylic acids is 1. The SMILES string of the molecule is CCCC(CC(=O)O)n1nnnc1-c1ccccc1SC. The van der Waals surface area contributed by atoms with E-state index in [0.717, 1.165) is 23.3 Å². The standard InChI is InChI=1S/C14H18N4O2S/c1-3-6-10(9-13(19)20)18-14(15-16-17-18)11-7-4-5-8-12(11)21-2/h4-5,7-8,10H,3,6,9H2,1-2H3,(H,19,20). The van der Waals surface area contributed by atoms with E-state index in [1.807, 2.05) is 37.4 Å². The zero-order valence-electron chi connectivity index (χ0n) is 12.1. The van der Waals surface area contributed by atoms with Gasteiger partial charge in [0, 0.05) is 10.5 Å². The third kappa shape index (κ3) is 3.60. The third-order valence-corrected chi connectivity index (χ3v) is 4.01. The number of rotatable bonds is 7. The van der Waals surface area contributed by atoms with Crippen LogP contribution in [-0.4, -0.2) is 37.5 Å². The first-order valence-electron chi connectivity index (χ1n) is 6.80. The lowest BCUT2D eigenvalue weighted by molar-refractivity contribution is -0.138. The molecule has 0 amide bonds. The summed E-state index contributed by atoms with van der Waals surface area (Å²) in [6.45, 7) is 2.02. The third-order valence-electron chi connectivity index (χ3n) is 3.22. The number of carboxylic acids is 1. The van der Waals surface area contributed by atoms with E-state index in [0.29, 0.717) is 5.82 Å². The van der Waals surface area contributed by atoms with Crippen LogP contribution in [0.25, 0.3) is 11.4 Å². The van der Waals surface area contributed by atoms with Crippen molar-refractivity contribution in [2.75, 3.05) is 6.26 Å². The van der Waals surface area contributed by atoms with E-state index in [1.165, 1.54) is 0 Å². The minimum absolute atomic E-state index is 0.0211. The van der Waals surface area contributed by atoms with Gasteiger partial charge in [-0.25, -0.2) is 4.68 Å². The molecule has 1 aromatic carbocycles. The predicted octanol–water partition coefficient (Wildman–Crippen LogP) is 2.88. The number of carboxylic acid groups (broad SMARTS) is 1. The van der Waals surface area contributed by atoms with Gasteiger partial charge in [-0.15, -0.1) is 16.9 Å². The van der Waals surface area contributed by atoms with Gasteiger partial charge in [-0.1, -0.05) is 25.5 Å². The minimum Gasteiger partial charge on any atom is -0.481 e. The molecule has 1 heterocycles. The van der Waals surface area contributed by atoms with Gasteiger partial charge in [0.2, 0.25) is 0 Å². The second kappa shape index (κ2) is 7.21. The van der Waals surface area contributed by atoms with Crippen molar-refractivity contribution in [3.8, 4) is 11.4 Å². The molecule has 0 spiro atoms. The lowest BCUT2D eigenvalue weighted by atomic mass is 10.1. The van der Waals surface area contributed by atoms with Crippen molar-refractivity contribution in [3.63, 3.8) is 0 Å². The molecule has 0 saturated carbocycles. The van der Waals surface area contributed by atoms with E-state index >= 15 is 0 Å². The number of hydrogen-bond acceptors (Lipinski definition) is 5. The van der Waals surface area contributed by atoms with Crippen molar-refractivity contribution in [2.24, 2.45) is 0 Å². The van der Waals surface area contributed by atoms with Crippen molar-refractivity contribution < 1.29 is 9.90 Å². The Morgan fingerprint density at radius 3 is 2.86 bits per heavy atom. The van der Waals surface area contributed by atoms with Gasteiger partial charge in [-0.3, -0.25) is 4.79 Å². The molecule has 0 aliphatic carbocycles. The zero-order valence-corrected chi connectivity index (χ0v) is 12.9. The van der Waals surface area contributed by atoms with Crippen LogP contribution in [0.15, 0.2) is 29.2 Å². The summed E-state index contributed by atoms with van der Waals surface area (Å²) in [4.78, 5) is 12.1. The van der Waals surface area contributed by atoms with Crippen LogP contribution < -0.4 is 0 Å². The quantitative estimate of drug-likeness (QED) is 0.792. The molecule has 0 radical (unpaired) electrons. The number of thioether (sulfide) groups is 1. The predicted molar refractivity (Wildman–Crippen MR) is 81.2 cm³/mol. The summed E-state index contributed by atoms with van der Waals surface area (Å²) in [6, 6.07) is 7.63. The average Bonchev–Trinajstić information content (AvgIpc) is 2.95. The summed E-state index contributed by atoms with van der Waals surface area (Å²) >= 11 is 1.62. The van der Waals surface area contributed by atoms with E-state index in [2.05, 4.69) is 15.5 Å². The van der Waals surface area contributed by atoms with E-state index < -0.39 is 5.97 Å². The maximum atomic E-state index is 11.1. The maximum Gasteiger partial charge on any atom is 0.305 e. The van der Waals surface area contributed by atoms with Crippen molar-refractivity contribution in [2.45, 2.75) is 37.1 Å². The molecule has 0 aliphatic rings. The van der Waals surface area contributed by atoms with Gasteiger partial charge >= 0.3 is 5.97 Å². The Labute approximate surface area is 127 Å². The van der Waals surface area contributed by atoms with E-state index in [4.69, 9.17) is 5.11 Å². The number of nitrogens with zero attached hydrogens (tertiary/aromatic N) is 4. The molecule has 2 aromatic rings. The molecule has 0 fully saturated rings. The highest BCUT2D eigenvalue weighted by molar-refractivity contribution is 7.98. The van der Waals surface area contributed by atoms with E-state index in [1.54, 1.807) is 16.4 Å². The molecule has 0 bridgehead atoms. The molecule has 0 aliphatic heterocycles. The second-order valence-electron chi connectivity index (χ2n) is 4.69. The Hall–Kier alpha value is -1.89. The molecule has 7 heteroatoms. The van der Waals surface area contributed by atoms with Gasteiger partial charge in [0.05, 0.1) is 12.5 Å². The number of tetrazole rings is 1. The normalized spacial score (nSPS) is 12.3. The zero-order chi connectivity index (χ0) is 15.2. The maximum absolute atomic E-state index is 11.1. The molecule has 1 aromatic heterocycles. The molecule has 6 nitrogen and oxygen atoms in total. The van der Waals surface area contributed by atoms with Crippen LogP contribution >= 0.6 is 11.8 Å². The summed E-state index contributed by atoms with van der Waals surface area (Å²) in [5, 5.41) is 21.0. The topological polar surface area (TPSA) is 80.9 Å². The van der Waals surface area contributed by atoms with Gasteiger partial charge in [0.1, 0.15) is 0 Å². The van der Waals surface area contributed by atoms with Crippen LogP contribution in [0.5, 0.6) is 0 Å². The fourth-order valence-corrected chi connectivity index (χ4v) is 2.89. The first-order valence-corrected chi connectivity index (χ1v) is 8.02. The highest BCUT2D eigenvalue weighted by Gasteiger charge is 2.21. The summed E-state index contributed by atoms with van der Waals surface area (Å²) in [5.41, 5.74) is 0.932. The minimum atomic E-state index is -0.840. The van der Waals surface area contributed by atoms with Crippen LogP contribution in [0.3, 0.4) is 0 Å². The van der Waals surface area contributed by atoms with Gasteiger partial charge in [0.15, 0.2) is 5.82 Å². The number of carbonyl (C=O) groups is 1. The Bertz CT molecular complexity index is 615. The molecule has 112 valence electrons. The summed E-state index contributed by atoms with van der Waals surface area (Å²) in [7, 11) is 0. The van der Waals surface area contributed by atoms with Crippen molar-refractivity contribution in [1.82, 2.24) is 20.2 Å². The molecule has 21 heavy (non-hydrogen) atoms. The van der Waals surface area contributed by atoms with Gasteiger partial charge in [-0.2, -0.15) is 0 Å². The van der Waals surface area contributed by atoms with Crippen molar-refractivity contribution in [1.29, 1.82) is 0 Å². The molecule has 0 saturated heterocycles. The van der Waals surface area contributed by atoms with Crippen LogP contribution in [0.1, 0.15) is 32.2 Å². The first-order chi connectivity index (χ1) is 10.2. The fraction of sp³-hybridized carbons (Fsp3) is 0.429.